The van der Waals surface area contributed by atoms with Gasteiger partial charge in [0, 0.05) is 29.6 Å². The summed E-state index contributed by atoms with van der Waals surface area (Å²) < 4.78 is 0. The highest BCUT2D eigenvalue weighted by atomic mass is 35.5. The van der Waals surface area contributed by atoms with Crippen molar-refractivity contribution in [2.75, 3.05) is 6.54 Å². The third kappa shape index (κ3) is 3.37. The number of nitrogens with one attached hydrogen (secondary N) is 2. The quantitative estimate of drug-likeness (QED) is 0.687. The van der Waals surface area contributed by atoms with Crippen LogP contribution in [0.25, 0.3) is 10.9 Å². The molecule has 1 aromatic carbocycles. The Morgan fingerprint density at radius 1 is 1.19 bits per heavy atom. The molecule has 0 aliphatic heterocycles. The first-order valence-corrected chi connectivity index (χ1v) is 7.29. The molecule has 2 heterocycles. The number of aromatic nitrogens is 4. The second kappa shape index (κ2) is 6.65. The van der Waals surface area contributed by atoms with Crippen molar-refractivity contribution in [3.05, 3.63) is 53.2 Å². The molecule has 0 fully saturated rings. The summed E-state index contributed by atoms with van der Waals surface area (Å²) in [6.07, 6.45) is 5.24. The Labute approximate surface area is 127 Å². The predicted octanol–water partition coefficient (Wildman–Crippen LogP) is 2.73. The number of fused-ring (bicyclic) bond motifs is 1. The summed E-state index contributed by atoms with van der Waals surface area (Å²) in [7, 11) is 0. The fraction of sp³-hybridized carbons (Fsp3) is 0.267. The van der Waals surface area contributed by atoms with Gasteiger partial charge in [0.05, 0.1) is 5.52 Å². The van der Waals surface area contributed by atoms with Crippen LogP contribution in [0.2, 0.25) is 5.02 Å². The average molecular weight is 302 g/mol. The van der Waals surface area contributed by atoms with Crippen molar-refractivity contribution in [1.82, 2.24) is 25.5 Å². The number of hydrogen-bond acceptors (Lipinski definition) is 4. The van der Waals surface area contributed by atoms with E-state index in [1.54, 1.807) is 6.20 Å². The lowest BCUT2D eigenvalue weighted by atomic mass is 10.1. The minimum absolute atomic E-state index is 0.743. The Hall–Kier alpha value is -1.98. The number of halogens is 1. The molecule has 0 aliphatic carbocycles. The Bertz CT molecular complexity index is 711. The first-order valence-electron chi connectivity index (χ1n) is 6.91. The van der Waals surface area contributed by atoms with Crippen LogP contribution in [0, 0.1) is 0 Å². The van der Waals surface area contributed by atoms with Crippen LogP contribution in [0.1, 0.15) is 17.8 Å². The molecule has 3 rings (SSSR count). The lowest BCUT2D eigenvalue weighted by Crippen LogP contribution is -2.16. The van der Waals surface area contributed by atoms with Crippen LogP contribution < -0.4 is 5.32 Å². The third-order valence-corrected chi connectivity index (χ3v) is 3.68. The van der Waals surface area contributed by atoms with E-state index in [2.05, 4.69) is 25.5 Å². The second-order valence-corrected chi connectivity index (χ2v) is 5.23. The van der Waals surface area contributed by atoms with Gasteiger partial charge in [-0.3, -0.25) is 10.1 Å². The molecule has 6 heteroatoms. The summed E-state index contributed by atoms with van der Waals surface area (Å²) >= 11 is 6.19. The molecule has 2 aromatic heterocycles. The van der Waals surface area contributed by atoms with Gasteiger partial charge in [0.1, 0.15) is 12.2 Å². The van der Waals surface area contributed by atoms with Gasteiger partial charge in [-0.25, -0.2) is 4.98 Å². The molecule has 0 amide bonds. The second-order valence-electron chi connectivity index (χ2n) is 4.82. The molecule has 2 N–H and O–H groups in total. The van der Waals surface area contributed by atoms with E-state index in [4.69, 9.17) is 11.6 Å². The van der Waals surface area contributed by atoms with Gasteiger partial charge in [-0.2, -0.15) is 5.10 Å². The van der Waals surface area contributed by atoms with Gasteiger partial charge in [0.25, 0.3) is 0 Å². The summed E-state index contributed by atoms with van der Waals surface area (Å²) in [5.74, 6) is 0.926. The number of H-pyrrole nitrogens is 1. The van der Waals surface area contributed by atoms with E-state index >= 15 is 0 Å². The van der Waals surface area contributed by atoms with E-state index in [9.17, 15) is 0 Å². The number of aryl methyl sites for hydroxylation is 1. The topological polar surface area (TPSA) is 66.5 Å². The number of nitrogens with zero attached hydrogens (tertiary/aromatic N) is 3. The Morgan fingerprint density at radius 2 is 2.14 bits per heavy atom. The van der Waals surface area contributed by atoms with E-state index in [-0.39, 0.29) is 0 Å². The zero-order valence-electron chi connectivity index (χ0n) is 11.5. The van der Waals surface area contributed by atoms with Gasteiger partial charge < -0.3 is 5.32 Å². The summed E-state index contributed by atoms with van der Waals surface area (Å²) in [6.45, 7) is 1.69. The molecule has 108 valence electrons. The van der Waals surface area contributed by atoms with Crippen molar-refractivity contribution in [3.63, 3.8) is 0 Å². The van der Waals surface area contributed by atoms with Crippen LogP contribution in [-0.4, -0.2) is 26.7 Å². The van der Waals surface area contributed by atoms with Crippen LogP contribution in [0.4, 0.5) is 0 Å². The van der Waals surface area contributed by atoms with Crippen molar-refractivity contribution in [2.45, 2.75) is 19.4 Å². The number of aromatic amines is 1. The maximum Gasteiger partial charge on any atom is 0.137 e. The van der Waals surface area contributed by atoms with Gasteiger partial charge in [-0.1, -0.05) is 17.7 Å². The van der Waals surface area contributed by atoms with E-state index < -0.39 is 0 Å². The summed E-state index contributed by atoms with van der Waals surface area (Å²) in [6, 6.07) is 7.86. The molecule has 3 aromatic rings. The van der Waals surface area contributed by atoms with Crippen LogP contribution >= 0.6 is 11.6 Å². The van der Waals surface area contributed by atoms with E-state index in [1.165, 1.54) is 6.33 Å². The van der Waals surface area contributed by atoms with Gasteiger partial charge >= 0.3 is 0 Å². The molecule has 0 atom stereocenters. The lowest BCUT2D eigenvalue weighted by molar-refractivity contribution is 0.641. The molecule has 0 aliphatic rings. The molecule has 0 saturated heterocycles. The molecular weight excluding hydrogens is 286 g/mol. The molecule has 0 spiro atoms. The van der Waals surface area contributed by atoms with Crippen molar-refractivity contribution >= 4 is 22.5 Å². The monoisotopic (exact) mass is 301 g/mol. The predicted molar refractivity (Wildman–Crippen MR) is 83.2 cm³/mol. The molecule has 0 radical (unpaired) electrons. The Morgan fingerprint density at radius 3 is 3.00 bits per heavy atom. The van der Waals surface area contributed by atoms with Crippen molar-refractivity contribution < 1.29 is 0 Å². The fourth-order valence-electron chi connectivity index (χ4n) is 2.29. The molecule has 0 unspecified atom stereocenters. The van der Waals surface area contributed by atoms with Crippen molar-refractivity contribution in [3.8, 4) is 0 Å². The number of benzene rings is 1. The van der Waals surface area contributed by atoms with Crippen LogP contribution in [0.15, 0.2) is 36.8 Å². The lowest BCUT2D eigenvalue weighted by Gasteiger charge is -2.08. The zero-order chi connectivity index (χ0) is 14.5. The zero-order valence-corrected chi connectivity index (χ0v) is 12.3. The summed E-state index contributed by atoms with van der Waals surface area (Å²) in [5.41, 5.74) is 2.13. The van der Waals surface area contributed by atoms with Crippen molar-refractivity contribution in [1.29, 1.82) is 0 Å². The molecular formula is C15H16ClN5. The molecule has 5 nitrogen and oxygen atoms in total. The Kier molecular flexibility index (Phi) is 4.43. The smallest absolute Gasteiger partial charge is 0.137 e. The minimum atomic E-state index is 0.743. The number of rotatable bonds is 6. The van der Waals surface area contributed by atoms with Gasteiger partial charge in [0.2, 0.25) is 0 Å². The van der Waals surface area contributed by atoms with Crippen LogP contribution in [-0.2, 0) is 13.0 Å². The fourth-order valence-corrected chi connectivity index (χ4v) is 2.51. The number of hydrogen-bond donors (Lipinski definition) is 2. The molecule has 0 bridgehead atoms. The number of pyridine rings is 1. The SMILES string of the molecule is Clc1ccc(CNCCCc2ncn[nH]2)c2ncccc12. The first-order chi connectivity index (χ1) is 10.3. The Balaban J connectivity index is 1.57. The minimum Gasteiger partial charge on any atom is -0.313 e. The highest BCUT2D eigenvalue weighted by molar-refractivity contribution is 6.35. The van der Waals surface area contributed by atoms with Crippen molar-refractivity contribution in [2.24, 2.45) is 0 Å². The van der Waals surface area contributed by atoms with E-state index in [1.807, 2.05) is 24.3 Å². The highest BCUT2D eigenvalue weighted by Gasteiger charge is 2.05. The maximum absolute atomic E-state index is 6.19. The highest BCUT2D eigenvalue weighted by Crippen LogP contribution is 2.24. The van der Waals surface area contributed by atoms with Gasteiger partial charge in [-0.05, 0) is 36.7 Å². The van der Waals surface area contributed by atoms with E-state index in [0.29, 0.717) is 0 Å². The summed E-state index contributed by atoms with van der Waals surface area (Å²) in [5, 5.41) is 11.9. The standard InChI is InChI=1S/C15H16ClN5/c16-13-6-5-11(15-12(13)3-1-8-18-15)9-17-7-2-4-14-19-10-20-21-14/h1,3,5-6,8,10,17H,2,4,7,9H2,(H,19,20,21). The normalized spacial score (nSPS) is 11.1. The first kappa shape index (κ1) is 14.0. The van der Waals surface area contributed by atoms with Crippen LogP contribution in [0.5, 0.6) is 0 Å². The summed E-state index contributed by atoms with van der Waals surface area (Å²) in [4.78, 5) is 8.54. The van der Waals surface area contributed by atoms with Gasteiger partial charge in [0.15, 0.2) is 0 Å². The maximum atomic E-state index is 6.19. The average Bonchev–Trinajstić information content (AvgIpc) is 3.03. The third-order valence-electron chi connectivity index (χ3n) is 3.35. The van der Waals surface area contributed by atoms with E-state index in [0.717, 1.165) is 53.2 Å². The van der Waals surface area contributed by atoms with Crippen LogP contribution in [0.3, 0.4) is 0 Å². The molecule has 0 saturated carbocycles. The largest absolute Gasteiger partial charge is 0.313 e. The molecule has 21 heavy (non-hydrogen) atoms. The van der Waals surface area contributed by atoms with Gasteiger partial charge in [-0.15, -0.1) is 0 Å².